The lowest BCUT2D eigenvalue weighted by Crippen LogP contribution is -2.41. The van der Waals surface area contributed by atoms with Gasteiger partial charge in [0.2, 0.25) is 10.0 Å². The smallest absolute Gasteiger partial charge is 0.215 e. The van der Waals surface area contributed by atoms with E-state index in [-0.39, 0.29) is 12.3 Å². The van der Waals surface area contributed by atoms with Gasteiger partial charge < -0.3 is 5.11 Å². The lowest BCUT2D eigenvalue weighted by molar-refractivity contribution is 0.0531. The van der Waals surface area contributed by atoms with Crippen molar-refractivity contribution in [1.29, 1.82) is 0 Å². The van der Waals surface area contributed by atoms with Crippen molar-refractivity contribution in [1.82, 2.24) is 4.72 Å². The molecule has 0 aromatic heterocycles. The van der Waals surface area contributed by atoms with Gasteiger partial charge in [0.05, 0.1) is 11.4 Å². The third-order valence-electron chi connectivity index (χ3n) is 3.40. The number of hydrogen-bond donors (Lipinski definition) is 2. The third kappa shape index (κ3) is 4.45. The lowest BCUT2D eigenvalue weighted by Gasteiger charge is -2.22. The molecule has 4 nitrogen and oxygen atoms in total. The number of aliphatic hydroxyl groups is 1. The van der Waals surface area contributed by atoms with Gasteiger partial charge in [-0.25, -0.2) is 13.1 Å². The molecule has 1 aromatic rings. The highest BCUT2D eigenvalue weighted by Gasteiger charge is 2.32. The molecule has 0 bridgehead atoms. The summed E-state index contributed by atoms with van der Waals surface area (Å²) in [7, 11) is -3.45. The average molecular weight is 304 g/mol. The minimum atomic E-state index is -3.45. The summed E-state index contributed by atoms with van der Waals surface area (Å²) in [4.78, 5) is 0. The van der Waals surface area contributed by atoms with Crippen molar-refractivity contribution in [2.75, 3.05) is 6.54 Å². The van der Waals surface area contributed by atoms with E-state index in [0.717, 1.165) is 12.8 Å². The standard InChI is InChI=1S/C13H18ClNO3S/c14-12-5-3-4-11(8-12)9-19(17,18)15-10-13(16)6-1-2-7-13/h3-5,8,15-16H,1-2,6-7,9-10H2. The largest absolute Gasteiger partial charge is 0.389 e. The molecule has 106 valence electrons. The molecule has 19 heavy (non-hydrogen) atoms. The second kappa shape index (κ2) is 5.79. The number of nitrogens with one attached hydrogen (secondary N) is 1. The lowest BCUT2D eigenvalue weighted by atomic mass is 10.0. The van der Waals surface area contributed by atoms with E-state index in [4.69, 9.17) is 11.6 Å². The zero-order valence-electron chi connectivity index (χ0n) is 10.6. The summed E-state index contributed by atoms with van der Waals surface area (Å²) in [6, 6.07) is 6.77. The summed E-state index contributed by atoms with van der Waals surface area (Å²) < 4.78 is 26.4. The third-order valence-corrected chi connectivity index (χ3v) is 4.93. The maximum atomic E-state index is 11.9. The summed E-state index contributed by atoms with van der Waals surface area (Å²) in [5, 5.41) is 10.6. The number of rotatable bonds is 5. The topological polar surface area (TPSA) is 66.4 Å². The van der Waals surface area contributed by atoms with Gasteiger partial charge in [0, 0.05) is 11.6 Å². The Bertz CT molecular complexity index is 539. The number of benzene rings is 1. The summed E-state index contributed by atoms with van der Waals surface area (Å²) in [5.41, 5.74) is -0.236. The van der Waals surface area contributed by atoms with Crippen molar-refractivity contribution in [2.45, 2.75) is 37.0 Å². The van der Waals surface area contributed by atoms with Crippen molar-refractivity contribution in [2.24, 2.45) is 0 Å². The zero-order chi connectivity index (χ0) is 13.9. The molecule has 0 amide bonds. The minimum absolute atomic E-state index is 0.0932. The molecule has 0 radical (unpaired) electrons. The molecular formula is C13H18ClNO3S. The van der Waals surface area contributed by atoms with Gasteiger partial charge in [-0.15, -0.1) is 0 Å². The van der Waals surface area contributed by atoms with Gasteiger partial charge in [-0.2, -0.15) is 0 Å². The quantitative estimate of drug-likeness (QED) is 0.875. The Kier molecular flexibility index (Phi) is 4.50. The van der Waals surface area contributed by atoms with E-state index >= 15 is 0 Å². The fourth-order valence-corrected chi connectivity index (χ4v) is 3.77. The first-order chi connectivity index (χ1) is 8.89. The van der Waals surface area contributed by atoms with Crippen LogP contribution in [0, 0.1) is 0 Å². The molecule has 0 unspecified atom stereocenters. The van der Waals surface area contributed by atoms with Gasteiger partial charge in [-0.3, -0.25) is 0 Å². The summed E-state index contributed by atoms with van der Waals surface area (Å²) in [5.74, 6) is -0.121. The van der Waals surface area contributed by atoms with Crippen LogP contribution in [0.2, 0.25) is 5.02 Å². The first-order valence-corrected chi connectivity index (χ1v) is 8.36. The maximum Gasteiger partial charge on any atom is 0.215 e. The van der Waals surface area contributed by atoms with Crippen molar-refractivity contribution >= 4 is 21.6 Å². The molecule has 6 heteroatoms. The van der Waals surface area contributed by atoms with Gasteiger partial charge in [0.1, 0.15) is 0 Å². The van der Waals surface area contributed by atoms with Crippen LogP contribution >= 0.6 is 11.6 Å². The Balaban J connectivity index is 1.95. The second-order valence-electron chi connectivity index (χ2n) is 5.14. The van der Waals surface area contributed by atoms with E-state index in [1.54, 1.807) is 24.3 Å². The highest BCUT2D eigenvalue weighted by atomic mass is 35.5. The van der Waals surface area contributed by atoms with E-state index in [1.807, 2.05) is 0 Å². The normalized spacial score (nSPS) is 18.6. The zero-order valence-corrected chi connectivity index (χ0v) is 12.2. The average Bonchev–Trinajstić information content (AvgIpc) is 2.74. The maximum absolute atomic E-state index is 11.9. The van der Waals surface area contributed by atoms with Crippen molar-refractivity contribution < 1.29 is 13.5 Å². The van der Waals surface area contributed by atoms with E-state index in [2.05, 4.69) is 4.72 Å². The van der Waals surface area contributed by atoms with Gasteiger partial charge in [0.25, 0.3) is 0 Å². The fourth-order valence-electron chi connectivity index (χ4n) is 2.35. The van der Waals surface area contributed by atoms with Crippen molar-refractivity contribution in [3.8, 4) is 0 Å². The van der Waals surface area contributed by atoms with E-state index in [9.17, 15) is 13.5 Å². The minimum Gasteiger partial charge on any atom is -0.389 e. The van der Waals surface area contributed by atoms with Gasteiger partial charge in [-0.05, 0) is 30.5 Å². The van der Waals surface area contributed by atoms with Crippen LogP contribution in [-0.2, 0) is 15.8 Å². The van der Waals surface area contributed by atoms with Gasteiger partial charge in [-0.1, -0.05) is 36.6 Å². The molecular weight excluding hydrogens is 286 g/mol. The van der Waals surface area contributed by atoms with Crippen LogP contribution in [0.4, 0.5) is 0 Å². The predicted molar refractivity (Wildman–Crippen MR) is 75.5 cm³/mol. The molecule has 0 saturated heterocycles. The monoisotopic (exact) mass is 303 g/mol. The van der Waals surface area contributed by atoms with E-state index < -0.39 is 15.6 Å². The van der Waals surface area contributed by atoms with Crippen LogP contribution in [0.5, 0.6) is 0 Å². The van der Waals surface area contributed by atoms with Crippen LogP contribution in [0.25, 0.3) is 0 Å². The molecule has 0 heterocycles. The van der Waals surface area contributed by atoms with Gasteiger partial charge >= 0.3 is 0 Å². The summed E-state index contributed by atoms with van der Waals surface area (Å²) in [6.45, 7) is 0.0932. The first kappa shape index (κ1) is 14.8. The Morgan fingerprint density at radius 2 is 2.00 bits per heavy atom. The van der Waals surface area contributed by atoms with Crippen LogP contribution in [0.1, 0.15) is 31.2 Å². The number of sulfonamides is 1. The van der Waals surface area contributed by atoms with Crippen LogP contribution in [-0.4, -0.2) is 25.7 Å². The SMILES string of the molecule is O=S(=O)(Cc1cccc(Cl)c1)NCC1(O)CCCC1. The van der Waals surface area contributed by atoms with E-state index in [0.29, 0.717) is 23.4 Å². The molecule has 1 saturated carbocycles. The molecule has 2 N–H and O–H groups in total. The summed E-state index contributed by atoms with van der Waals surface area (Å²) >= 11 is 5.82. The molecule has 1 aliphatic carbocycles. The fraction of sp³-hybridized carbons (Fsp3) is 0.538. The number of hydrogen-bond acceptors (Lipinski definition) is 3. The Morgan fingerprint density at radius 3 is 2.63 bits per heavy atom. The molecule has 0 atom stereocenters. The molecule has 2 rings (SSSR count). The highest BCUT2D eigenvalue weighted by molar-refractivity contribution is 7.88. The Morgan fingerprint density at radius 1 is 1.32 bits per heavy atom. The second-order valence-corrected chi connectivity index (χ2v) is 7.38. The molecule has 0 spiro atoms. The van der Waals surface area contributed by atoms with Crippen LogP contribution < -0.4 is 4.72 Å². The molecule has 0 aliphatic heterocycles. The van der Waals surface area contributed by atoms with E-state index in [1.165, 1.54) is 0 Å². The molecule has 1 aliphatic rings. The van der Waals surface area contributed by atoms with Crippen LogP contribution in [0.15, 0.2) is 24.3 Å². The molecule has 1 fully saturated rings. The van der Waals surface area contributed by atoms with Crippen LogP contribution in [0.3, 0.4) is 0 Å². The Hall–Kier alpha value is -0.620. The Labute approximate surface area is 118 Å². The van der Waals surface area contributed by atoms with Crippen molar-refractivity contribution in [3.63, 3.8) is 0 Å². The predicted octanol–water partition coefficient (Wildman–Crippen LogP) is 2.06. The highest BCUT2D eigenvalue weighted by Crippen LogP contribution is 2.28. The number of halogens is 1. The first-order valence-electron chi connectivity index (χ1n) is 6.33. The summed E-state index contributed by atoms with van der Waals surface area (Å²) in [6.07, 6.45) is 3.22. The van der Waals surface area contributed by atoms with Crippen molar-refractivity contribution in [3.05, 3.63) is 34.9 Å². The molecule has 1 aromatic carbocycles. The van der Waals surface area contributed by atoms with Gasteiger partial charge in [0.15, 0.2) is 0 Å².